The molecule has 1 aromatic rings. The summed E-state index contributed by atoms with van der Waals surface area (Å²) in [7, 11) is 0. The van der Waals surface area contributed by atoms with E-state index in [1.165, 1.54) is 0 Å². The van der Waals surface area contributed by atoms with Gasteiger partial charge in [-0.15, -0.1) is 11.3 Å². The molecule has 0 radical (unpaired) electrons. The predicted octanol–water partition coefficient (Wildman–Crippen LogP) is 1.57. The molecule has 1 fully saturated rings. The fraction of sp³-hybridized carbons (Fsp3) is 0.571. The summed E-state index contributed by atoms with van der Waals surface area (Å²) in [6.07, 6.45) is 0. The van der Waals surface area contributed by atoms with Crippen molar-refractivity contribution in [1.29, 1.82) is 0 Å². The van der Waals surface area contributed by atoms with E-state index >= 15 is 0 Å². The molecule has 1 aliphatic heterocycles. The number of nitrogens with one attached hydrogen (secondary N) is 2. The molecular formula is C7H10ClN3S. The smallest absolute Gasteiger partial charge is 0.184 e. The van der Waals surface area contributed by atoms with Gasteiger partial charge in [-0.3, -0.25) is 0 Å². The van der Waals surface area contributed by atoms with Crippen molar-refractivity contribution < 1.29 is 0 Å². The standard InChI is InChI=1S/C7H10ClN3S/c1-7(3-9-4-7)11-6-10-5(8)2-12-6/h2,9H,3-4H2,1H3,(H,10,11). The summed E-state index contributed by atoms with van der Waals surface area (Å²) in [4.78, 5) is 4.12. The molecule has 2 rings (SSSR count). The number of thiazole rings is 1. The first-order chi connectivity index (χ1) is 5.68. The Bertz CT molecular complexity index is 282. The molecule has 0 spiro atoms. The number of anilines is 1. The van der Waals surface area contributed by atoms with Crippen molar-refractivity contribution in [2.24, 2.45) is 0 Å². The van der Waals surface area contributed by atoms with Gasteiger partial charge in [-0.1, -0.05) is 11.6 Å². The molecule has 0 atom stereocenters. The van der Waals surface area contributed by atoms with Gasteiger partial charge in [0.05, 0.1) is 5.54 Å². The van der Waals surface area contributed by atoms with Crippen LogP contribution in [0.3, 0.4) is 0 Å². The molecular weight excluding hydrogens is 194 g/mol. The highest BCUT2D eigenvalue weighted by Gasteiger charge is 2.31. The molecule has 0 saturated carbocycles. The van der Waals surface area contributed by atoms with E-state index in [1.54, 1.807) is 11.3 Å². The van der Waals surface area contributed by atoms with Crippen LogP contribution in [0.4, 0.5) is 5.13 Å². The van der Waals surface area contributed by atoms with E-state index in [9.17, 15) is 0 Å². The monoisotopic (exact) mass is 203 g/mol. The Balaban J connectivity index is 2.03. The van der Waals surface area contributed by atoms with Crippen LogP contribution >= 0.6 is 22.9 Å². The molecule has 1 aliphatic rings. The lowest BCUT2D eigenvalue weighted by Crippen LogP contribution is -2.62. The highest BCUT2D eigenvalue weighted by molar-refractivity contribution is 7.14. The molecule has 1 aromatic heterocycles. The first kappa shape index (κ1) is 8.29. The van der Waals surface area contributed by atoms with Gasteiger partial charge in [-0.2, -0.15) is 0 Å². The second-order valence-corrected chi connectivity index (χ2v) is 4.51. The lowest BCUT2D eigenvalue weighted by Gasteiger charge is -2.39. The van der Waals surface area contributed by atoms with Gasteiger partial charge in [0.2, 0.25) is 0 Å². The van der Waals surface area contributed by atoms with E-state index in [2.05, 4.69) is 22.5 Å². The van der Waals surface area contributed by atoms with Crippen molar-refractivity contribution in [3.8, 4) is 0 Å². The lowest BCUT2D eigenvalue weighted by atomic mass is 9.96. The molecule has 66 valence electrons. The fourth-order valence-corrected chi connectivity index (χ4v) is 2.14. The van der Waals surface area contributed by atoms with Crippen LogP contribution < -0.4 is 10.6 Å². The van der Waals surface area contributed by atoms with Crippen molar-refractivity contribution in [2.75, 3.05) is 18.4 Å². The average Bonchev–Trinajstić information content (AvgIpc) is 2.32. The van der Waals surface area contributed by atoms with Gasteiger partial charge in [0, 0.05) is 18.5 Å². The number of hydrogen-bond acceptors (Lipinski definition) is 4. The Morgan fingerprint density at radius 1 is 1.75 bits per heavy atom. The number of hydrogen-bond donors (Lipinski definition) is 2. The van der Waals surface area contributed by atoms with Crippen LogP contribution in [0.5, 0.6) is 0 Å². The highest BCUT2D eigenvalue weighted by Crippen LogP contribution is 2.24. The normalized spacial score (nSPS) is 20.2. The highest BCUT2D eigenvalue weighted by atomic mass is 35.5. The topological polar surface area (TPSA) is 37.0 Å². The maximum Gasteiger partial charge on any atom is 0.184 e. The van der Waals surface area contributed by atoms with Gasteiger partial charge in [-0.05, 0) is 6.92 Å². The van der Waals surface area contributed by atoms with Crippen molar-refractivity contribution in [3.63, 3.8) is 0 Å². The molecule has 0 aliphatic carbocycles. The molecule has 12 heavy (non-hydrogen) atoms. The van der Waals surface area contributed by atoms with Gasteiger partial charge in [0.15, 0.2) is 5.13 Å². The maximum atomic E-state index is 5.69. The van der Waals surface area contributed by atoms with Crippen molar-refractivity contribution in [2.45, 2.75) is 12.5 Å². The summed E-state index contributed by atoms with van der Waals surface area (Å²) in [6, 6.07) is 0. The summed E-state index contributed by atoms with van der Waals surface area (Å²) in [6.45, 7) is 4.15. The minimum atomic E-state index is 0.168. The number of halogens is 1. The Labute approximate surface area is 80.1 Å². The Morgan fingerprint density at radius 2 is 2.50 bits per heavy atom. The maximum absolute atomic E-state index is 5.69. The van der Waals surface area contributed by atoms with Crippen molar-refractivity contribution in [1.82, 2.24) is 10.3 Å². The van der Waals surface area contributed by atoms with Crippen LogP contribution in [-0.4, -0.2) is 23.6 Å². The Morgan fingerprint density at radius 3 is 2.92 bits per heavy atom. The quantitative estimate of drug-likeness (QED) is 0.767. The summed E-state index contributed by atoms with van der Waals surface area (Å²) in [5.41, 5.74) is 0.168. The van der Waals surface area contributed by atoms with Crippen LogP contribution in [-0.2, 0) is 0 Å². The second-order valence-electron chi connectivity index (χ2n) is 3.26. The lowest BCUT2D eigenvalue weighted by molar-refractivity contribution is 0.338. The van der Waals surface area contributed by atoms with E-state index in [0.717, 1.165) is 18.2 Å². The largest absolute Gasteiger partial charge is 0.354 e. The molecule has 2 N–H and O–H groups in total. The van der Waals surface area contributed by atoms with E-state index in [-0.39, 0.29) is 5.54 Å². The molecule has 0 unspecified atom stereocenters. The summed E-state index contributed by atoms with van der Waals surface area (Å²) in [5.74, 6) is 0. The first-order valence-corrected chi connectivity index (χ1v) is 5.04. The van der Waals surface area contributed by atoms with Gasteiger partial charge in [-0.25, -0.2) is 4.98 Å². The molecule has 0 amide bonds. The van der Waals surface area contributed by atoms with Gasteiger partial charge >= 0.3 is 0 Å². The van der Waals surface area contributed by atoms with E-state index in [4.69, 9.17) is 11.6 Å². The number of nitrogens with zero attached hydrogens (tertiary/aromatic N) is 1. The van der Waals surface area contributed by atoms with Gasteiger partial charge < -0.3 is 10.6 Å². The third-order valence-corrected chi connectivity index (χ3v) is 3.00. The third-order valence-electron chi connectivity index (χ3n) is 1.92. The summed E-state index contributed by atoms with van der Waals surface area (Å²) in [5, 5.41) is 9.85. The molecule has 2 heterocycles. The molecule has 1 saturated heterocycles. The Kier molecular flexibility index (Phi) is 1.98. The minimum Gasteiger partial charge on any atom is -0.354 e. The minimum absolute atomic E-state index is 0.168. The SMILES string of the molecule is CC1(Nc2nc(Cl)cs2)CNC1. The van der Waals surface area contributed by atoms with Gasteiger partial charge in [0.25, 0.3) is 0 Å². The zero-order valence-electron chi connectivity index (χ0n) is 6.72. The van der Waals surface area contributed by atoms with E-state index < -0.39 is 0 Å². The van der Waals surface area contributed by atoms with E-state index in [0.29, 0.717) is 5.15 Å². The summed E-state index contributed by atoms with van der Waals surface area (Å²) >= 11 is 7.24. The van der Waals surface area contributed by atoms with Crippen molar-refractivity contribution in [3.05, 3.63) is 10.5 Å². The van der Waals surface area contributed by atoms with Crippen molar-refractivity contribution >= 4 is 28.1 Å². The average molecular weight is 204 g/mol. The fourth-order valence-electron chi connectivity index (χ4n) is 1.16. The third kappa shape index (κ3) is 1.55. The first-order valence-electron chi connectivity index (χ1n) is 3.78. The van der Waals surface area contributed by atoms with Crippen LogP contribution in [0.2, 0.25) is 5.15 Å². The van der Waals surface area contributed by atoms with Crippen LogP contribution in [0.25, 0.3) is 0 Å². The zero-order chi connectivity index (χ0) is 8.60. The van der Waals surface area contributed by atoms with Crippen LogP contribution in [0.1, 0.15) is 6.92 Å². The predicted molar refractivity (Wildman–Crippen MR) is 52.0 cm³/mol. The second kappa shape index (κ2) is 2.87. The van der Waals surface area contributed by atoms with Crippen LogP contribution in [0.15, 0.2) is 5.38 Å². The van der Waals surface area contributed by atoms with Gasteiger partial charge in [0.1, 0.15) is 5.15 Å². The summed E-state index contributed by atoms with van der Waals surface area (Å²) < 4.78 is 0. The zero-order valence-corrected chi connectivity index (χ0v) is 8.30. The number of rotatable bonds is 2. The molecule has 3 nitrogen and oxygen atoms in total. The molecule has 5 heteroatoms. The van der Waals surface area contributed by atoms with Crippen LogP contribution in [0, 0.1) is 0 Å². The molecule has 0 aromatic carbocycles. The Hall–Kier alpha value is -0.320. The van der Waals surface area contributed by atoms with E-state index in [1.807, 2.05) is 5.38 Å². The number of aromatic nitrogens is 1. The molecule has 0 bridgehead atoms.